The lowest BCUT2D eigenvalue weighted by molar-refractivity contribution is -0.146. The van der Waals surface area contributed by atoms with Gasteiger partial charge in [0.2, 0.25) is 0 Å². The molecule has 1 heterocycles. The van der Waals surface area contributed by atoms with Gasteiger partial charge in [0.05, 0.1) is 10.3 Å². The number of aliphatic carboxylic acids is 1. The molecule has 0 unspecified atom stereocenters. The van der Waals surface area contributed by atoms with Crippen molar-refractivity contribution >= 4 is 23.2 Å². The van der Waals surface area contributed by atoms with Crippen LogP contribution in [0.4, 0.5) is 0 Å². The Hall–Kier alpha value is -1.36. The highest BCUT2D eigenvalue weighted by molar-refractivity contribution is 7.14. The van der Waals surface area contributed by atoms with E-state index in [0.717, 1.165) is 19.3 Å². The molecule has 0 aromatic carbocycles. The van der Waals surface area contributed by atoms with Crippen molar-refractivity contribution in [3.05, 3.63) is 21.4 Å². The summed E-state index contributed by atoms with van der Waals surface area (Å²) in [6.45, 7) is 7.53. The van der Waals surface area contributed by atoms with Gasteiger partial charge in [-0.3, -0.25) is 9.59 Å². The predicted molar refractivity (Wildman–Crippen MR) is 81.4 cm³/mol. The van der Waals surface area contributed by atoms with Crippen LogP contribution in [0.2, 0.25) is 0 Å². The third-order valence-corrected chi connectivity index (χ3v) is 4.48. The van der Waals surface area contributed by atoms with Gasteiger partial charge in [0.1, 0.15) is 0 Å². The second-order valence-corrected chi connectivity index (χ2v) is 6.67. The summed E-state index contributed by atoms with van der Waals surface area (Å²) in [6.07, 6.45) is 2.96. The zero-order valence-electron chi connectivity index (χ0n) is 12.6. The van der Waals surface area contributed by atoms with Crippen molar-refractivity contribution in [3.8, 4) is 0 Å². The van der Waals surface area contributed by atoms with Gasteiger partial charge in [-0.05, 0) is 38.3 Å². The van der Waals surface area contributed by atoms with E-state index in [1.807, 2.05) is 6.07 Å². The van der Waals surface area contributed by atoms with Gasteiger partial charge in [0.15, 0.2) is 0 Å². The summed E-state index contributed by atoms with van der Waals surface area (Å²) in [5.74, 6) is -1.09. The zero-order chi connectivity index (χ0) is 15.3. The number of rotatable bonds is 7. The van der Waals surface area contributed by atoms with Crippen LogP contribution in [0.15, 0.2) is 6.07 Å². The molecule has 4 nitrogen and oxygen atoms in total. The maximum Gasteiger partial charge on any atom is 0.310 e. The number of carboxylic acid groups (broad SMARTS) is 1. The summed E-state index contributed by atoms with van der Waals surface area (Å²) in [7, 11) is 0. The molecule has 0 bridgehead atoms. The van der Waals surface area contributed by atoms with Crippen LogP contribution in [0.25, 0.3) is 0 Å². The number of carbonyl (C=O) groups is 2. The van der Waals surface area contributed by atoms with Gasteiger partial charge in [-0.2, -0.15) is 0 Å². The molecule has 0 radical (unpaired) electrons. The van der Waals surface area contributed by atoms with E-state index in [0.29, 0.717) is 4.88 Å². The van der Waals surface area contributed by atoms with Crippen molar-refractivity contribution in [3.63, 3.8) is 0 Å². The van der Waals surface area contributed by atoms with E-state index >= 15 is 0 Å². The van der Waals surface area contributed by atoms with Crippen LogP contribution in [0.1, 0.15) is 54.2 Å². The molecule has 5 heteroatoms. The number of hydrogen-bond donors (Lipinski definition) is 2. The van der Waals surface area contributed by atoms with Gasteiger partial charge >= 0.3 is 5.97 Å². The number of hydrogen-bond acceptors (Lipinski definition) is 3. The van der Waals surface area contributed by atoms with Crippen molar-refractivity contribution in [2.24, 2.45) is 5.41 Å². The average Bonchev–Trinajstić information content (AvgIpc) is 2.79. The molecule has 2 N–H and O–H groups in total. The molecule has 112 valence electrons. The Morgan fingerprint density at radius 3 is 2.50 bits per heavy atom. The fourth-order valence-electron chi connectivity index (χ4n) is 1.78. The van der Waals surface area contributed by atoms with Crippen LogP contribution >= 0.6 is 11.3 Å². The third-order valence-electron chi connectivity index (χ3n) is 3.25. The van der Waals surface area contributed by atoms with Crippen LogP contribution in [-0.4, -0.2) is 23.5 Å². The lowest BCUT2D eigenvalue weighted by Crippen LogP contribution is -2.38. The van der Waals surface area contributed by atoms with Gasteiger partial charge in [0.25, 0.3) is 5.91 Å². The number of carbonyl (C=O) groups excluding carboxylic acids is 1. The standard InChI is InChI=1S/C15H23NO3S/c1-5-7-11-10(6-2)8-12(20-11)13(17)16-9-15(3,4)14(18)19/h8H,5-7,9H2,1-4H3,(H,16,17)(H,18,19). The molecular weight excluding hydrogens is 274 g/mol. The van der Waals surface area contributed by atoms with Crippen molar-refractivity contribution < 1.29 is 14.7 Å². The van der Waals surface area contributed by atoms with E-state index < -0.39 is 11.4 Å². The van der Waals surface area contributed by atoms with Gasteiger partial charge in [-0.15, -0.1) is 11.3 Å². The summed E-state index contributed by atoms with van der Waals surface area (Å²) in [5.41, 5.74) is 0.270. The molecule has 0 fully saturated rings. The Morgan fingerprint density at radius 2 is 2.00 bits per heavy atom. The van der Waals surface area contributed by atoms with Gasteiger partial charge in [0, 0.05) is 11.4 Å². The Bertz CT molecular complexity index is 491. The Balaban J connectivity index is 2.75. The van der Waals surface area contributed by atoms with Gasteiger partial charge < -0.3 is 10.4 Å². The molecule has 0 spiro atoms. The molecule has 0 aliphatic heterocycles. The smallest absolute Gasteiger partial charge is 0.310 e. The number of amides is 1. The number of aryl methyl sites for hydroxylation is 2. The number of nitrogens with one attached hydrogen (secondary N) is 1. The second kappa shape index (κ2) is 6.88. The number of carboxylic acids is 1. The SMILES string of the molecule is CCCc1sc(C(=O)NCC(C)(C)C(=O)O)cc1CC. The first kappa shape index (κ1) is 16.7. The van der Waals surface area contributed by atoms with E-state index in [-0.39, 0.29) is 12.5 Å². The zero-order valence-corrected chi connectivity index (χ0v) is 13.4. The second-order valence-electron chi connectivity index (χ2n) is 5.53. The molecule has 0 atom stereocenters. The predicted octanol–water partition coefficient (Wildman–Crippen LogP) is 3.10. The monoisotopic (exact) mass is 297 g/mol. The normalized spacial score (nSPS) is 11.4. The fraction of sp³-hybridized carbons (Fsp3) is 0.600. The molecule has 20 heavy (non-hydrogen) atoms. The largest absolute Gasteiger partial charge is 0.481 e. The topological polar surface area (TPSA) is 66.4 Å². The maximum atomic E-state index is 12.1. The molecule has 0 saturated heterocycles. The summed E-state index contributed by atoms with van der Waals surface area (Å²) >= 11 is 1.52. The van der Waals surface area contributed by atoms with Crippen molar-refractivity contribution in [1.29, 1.82) is 0 Å². The Kier molecular flexibility index (Phi) is 5.74. The molecule has 1 amide bonds. The summed E-state index contributed by atoms with van der Waals surface area (Å²) in [5, 5.41) is 11.8. The van der Waals surface area contributed by atoms with E-state index in [9.17, 15) is 9.59 Å². The summed E-state index contributed by atoms with van der Waals surface area (Å²) in [6, 6.07) is 1.93. The first-order valence-corrected chi connectivity index (χ1v) is 7.76. The molecule has 1 rings (SSSR count). The van der Waals surface area contributed by atoms with Crippen LogP contribution in [0, 0.1) is 5.41 Å². The number of thiophene rings is 1. The quantitative estimate of drug-likeness (QED) is 0.812. The third kappa shape index (κ3) is 4.07. The first-order chi connectivity index (χ1) is 9.31. The van der Waals surface area contributed by atoms with E-state index in [1.165, 1.54) is 21.8 Å². The van der Waals surface area contributed by atoms with Crippen molar-refractivity contribution in [1.82, 2.24) is 5.32 Å². The summed E-state index contributed by atoms with van der Waals surface area (Å²) < 4.78 is 0. The molecule has 1 aromatic rings. The lowest BCUT2D eigenvalue weighted by atomic mass is 9.94. The molecule has 0 aliphatic rings. The van der Waals surface area contributed by atoms with E-state index in [4.69, 9.17) is 5.11 Å². The minimum Gasteiger partial charge on any atom is -0.481 e. The van der Waals surface area contributed by atoms with E-state index in [1.54, 1.807) is 13.8 Å². The van der Waals surface area contributed by atoms with Crippen LogP contribution in [-0.2, 0) is 17.6 Å². The van der Waals surface area contributed by atoms with E-state index in [2.05, 4.69) is 19.2 Å². The molecule has 1 aromatic heterocycles. The van der Waals surface area contributed by atoms with Crippen LogP contribution in [0.3, 0.4) is 0 Å². The lowest BCUT2D eigenvalue weighted by Gasteiger charge is -2.19. The minimum atomic E-state index is -0.952. The first-order valence-electron chi connectivity index (χ1n) is 6.95. The van der Waals surface area contributed by atoms with Crippen LogP contribution < -0.4 is 5.32 Å². The van der Waals surface area contributed by atoms with Crippen molar-refractivity contribution in [2.75, 3.05) is 6.54 Å². The van der Waals surface area contributed by atoms with Crippen LogP contribution in [0.5, 0.6) is 0 Å². The highest BCUT2D eigenvalue weighted by Gasteiger charge is 2.28. The van der Waals surface area contributed by atoms with Gasteiger partial charge in [-0.1, -0.05) is 20.3 Å². The maximum absolute atomic E-state index is 12.1. The highest BCUT2D eigenvalue weighted by Crippen LogP contribution is 2.25. The van der Waals surface area contributed by atoms with Gasteiger partial charge in [-0.25, -0.2) is 0 Å². The minimum absolute atomic E-state index is 0.129. The average molecular weight is 297 g/mol. The Labute approximate surface area is 124 Å². The van der Waals surface area contributed by atoms with Crippen molar-refractivity contribution in [2.45, 2.75) is 47.0 Å². The highest BCUT2D eigenvalue weighted by atomic mass is 32.1. The molecular formula is C15H23NO3S. The summed E-state index contributed by atoms with van der Waals surface area (Å²) in [4.78, 5) is 25.1. The molecule has 0 saturated carbocycles. The fourth-order valence-corrected chi connectivity index (χ4v) is 3.05. The Morgan fingerprint density at radius 1 is 1.35 bits per heavy atom. The molecule has 0 aliphatic carbocycles.